The number of benzene rings is 5. The van der Waals surface area contributed by atoms with Crippen molar-refractivity contribution >= 4 is 43.1 Å². The molecule has 5 aromatic rings. The molecule has 0 heterocycles. The molecule has 0 bridgehead atoms. The maximum Gasteiger partial charge on any atom is -0.00613 e. The van der Waals surface area contributed by atoms with Gasteiger partial charge in [-0.05, 0) is 60.1 Å². The predicted octanol–water partition coefficient (Wildman–Crippen LogP) is 7.60. The zero-order valence-corrected chi connectivity index (χ0v) is 15.5. The summed E-state index contributed by atoms with van der Waals surface area (Å²) >= 11 is 0. The van der Waals surface area contributed by atoms with E-state index in [4.69, 9.17) is 0 Å². The van der Waals surface area contributed by atoms with Crippen molar-refractivity contribution in [2.45, 2.75) is 26.2 Å². The highest BCUT2D eigenvalue weighted by molar-refractivity contribution is 6.20. The van der Waals surface area contributed by atoms with E-state index in [0.29, 0.717) is 0 Å². The summed E-state index contributed by atoms with van der Waals surface area (Å²) in [5.74, 6) is 0. The highest BCUT2D eigenvalue weighted by Gasteiger charge is 2.23. The third kappa shape index (κ3) is 2.15. The van der Waals surface area contributed by atoms with Gasteiger partial charge in [-0.25, -0.2) is 0 Å². The van der Waals surface area contributed by atoms with Gasteiger partial charge in [0.1, 0.15) is 0 Å². The van der Waals surface area contributed by atoms with Crippen LogP contribution in [0.15, 0.2) is 78.9 Å². The minimum atomic E-state index is 0.0476. The molecule has 26 heavy (non-hydrogen) atoms. The molecule has 0 aliphatic carbocycles. The lowest BCUT2D eigenvalue weighted by Gasteiger charge is -2.26. The van der Waals surface area contributed by atoms with E-state index in [9.17, 15) is 0 Å². The van der Waals surface area contributed by atoms with Gasteiger partial charge in [0, 0.05) is 0 Å². The highest BCUT2D eigenvalue weighted by Crippen LogP contribution is 2.42. The molecule has 0 unspecified atom stereocenters. The molecule has 0 heteroatoms. The summed E-state index contributed by atoms with van der Waals surface area (Å²) in [7, 11) is 0. The topological polar surface area (TPSA) is 0 Å². The van der Waals surface area contributed by atoms with Crippen molar-refractivity contribution in [2.75, 3.05) is 0 Å². The molecule has 0 fully saturated rings. The maximum absolute atomic E-state index is 2.36. The Morgan fingerprint density at radius 2 is 0.923 bits per heavy atom. The number of fused-ring (bicyclic) bond motifs is 6. The van der Waals surface area contributed by atoms with E-state index < -0.39 is 0 Å². The summed E-state index contributed by atoms with van der Waals surface area (Å²) in [6.45, 7) is 7.01. The van der Waals surface area contributed by atoms with Crippen LogP contribution in [0.2, 0.25) is 0 Å². The van der Waals surface area contributed by atoms with Gasteiger partial charge in [0.25, 0.3) is 0 Å². The average molecular weight is 334 g/mol. The lowest BCUT2D eigenvalue weighted by atomic mass is 9.78. The molecule has 0 saturated carbocycles. The molecule has 0 amide bonds. The van der Waals surface area contributed by atoms with Crippen molar-refractivity contribution in [1.29, 1.82) is 0 Å². The fourth-order valence-corrected chi connectivity index (χ4v) is 4.42. The lowest BCUT2D eigenvalue weighted by molar-refractivity contribution is 0.602. The van der Waals surface area contributed by atoms with Crippen LogP contribution in [0.4, 0.5) is 0 Å². The van der Waals surface area contributed by atoms with Crippen molar-refractivity contribution in [3.8, 4) is 0 Å². The van der Waals surface area contributed by atoms with Crippen molar-refractivity contribution in [3.63, 3.8) is 0 Å². The van der Waals surface area contributed by atoms with Gasteiger partial charge in [-0.15, -0.1) is 0 Å². The number of hydrogen-bond acceptors (Lipinski definition) is 0. The maximum atomic E-state index is 2.36. The van der Waals surface area contributed by atoms with E-state index in [0.717, 1.165) is 0 Å². The number of rotatable bonds is 0. The monoisotopic (exact) mass is 334 g/mol. The molecular formula is C26H22. The van der Waals surface area contributed by atoms with E-state index in [2.05, 4.69) is 99.6 Å². The molecule has 0 aliphatic heterocycles. The predicted molar refractivity (Wildman–Crippen MR) is 115 cm³/mol. The lowest BCUT2D eigenvalue weighted by Crippen LogP contribution is -2.13. The Kier molecular flexibility index (Phi) is 3.15. The zero-order chi connectivity index (χ0) is 17.9. The van der Waals surface area contributed by atoms with Crippen LogP contribution in [-0.4, -0.2) is 0 Å². The molecule has 0 spiro atoms. The average Bonchev–Trinajstić information content (AvgIpc) is 2.65. The first-order valence-corrected chi connectivity index (χ1v) is 9.30. The SMILES string of the molecule is CC(C)(C)c1c2c(ccc3ccccc32)cc2ccc3ccccc3c12. The Labute approximate surface area is 154 Å². The van der Waals surface area contributed by atoms with Crippen molar-refractivity contribution in [1.82, 2.24) is 0 Å². The Morgan fingerprint density at radius 3 is 1.38 bits per heavy atom. The van der Waals surface area contributed by atoms with E-state index in [1.807, 2.05) is 0 Å². The molecular weight excluding hydrogens is 312 g/mol. The highest BCUT2D eigenvalue weighted by atomic mass is 14.3. The summed E-state index contributed by atoms with van der Waals surface area (Å²) in [6.07, 6.45) is 0. The van der Waals surface area contributed by atoms with Crippen LogP contribution in [0.3, 0.4) is 0 Å². The quantitative estimate of drug-likeness (QED) is 0.202. The second kappa shape index (κ2) is 5.32. The summed E-state index contributed by atoms with van der Waals surface area (Å²) in [5, 5.41) is 10.8. The van der Waals surface area contributed by atoms with Crippen LogP contribution in [0.5, 0.6) is 0 Å². The van der Waals surface area contributed by atoms with Crippen LogP contribution < -0.4 is 0 Å². The summed E-state index contributed by atoms with van der Waals surface area (Å²) in [6, 6.07) is 28.9. The fourth-order valence-electron chi connectivity index (χ4n) is 4.42. The third-order valence-corrected chi connectivity index (χ3v) is 5.48. The molecule has 0 N–H and O–H groups in total. The van der Waals surface area contributed by atoms with Gasteiger partial charge in [0.2, 0.25) is 0 Å². The molecule has 0 aromatic heterocycles. The summed E-state index contributed by atoms with van der Waals surface area (Å²) < 4.78 is 0. The first-order chi connectivity index (χ1) is 12.5. The van der Waals surface area contributed by atoms with Crippen LogP contribution in [0, 0.1) is 0 Å². The van der Waals surface area contributed by atoms with E-state index in [1.54, 1.807) is 0 Å². The van der Waals surface area contributed by atoms with E-state index in [-0.39, 0.29) is 5.41 Å². The second-order valence-electron chi connectivity index (χ2n) is 8.27. The minimum absolute atomic E-state index is 0.0476. The standard InChI is InChI=1S/C26H22/c1-26(2,3)25-23-19(14-12-17-8-4-6-10-21(17)23)16-20-15-13-18-9-5-7-11-22(18)24(20)25/h4-16H,1-3H3. The minimum Gasteiger partial charge on any atom is -0.0616 e. The number of hydrogen-bond donors (Lipinski definition) is 0. The molecule has 0 nitrogen and oxygen atoms in total. The molecule has 0 saturated heterocycles. The molecule has 126 valence electrons. The van der Waals surface area contributed by atoms with Crippen molar-refractivity contribution < 1.29 is 0 Å². The first kappa shape index (κ1) is 15.4. The fraction of sp³-hybridized carbons (Fsp3) is 0.154. The molecule has 0 aliphatic rings. The van der Waals surface area contributed by atoms with Gasteiger partial charge >= 0.3 is 0 Å². The first-order valence-electron chi connectivity index (χ1n) is 9.30. The van der Waals surface area contributed by atoms with Crippen LogP contribution in [0.25, 0.3) is 43.1 Å². The van der Waals surface area contributed by atoms with Crippen molar-refractivity contribution in [2.24, 2.45) is 0 Å². The largest absolute Gasteiger partial charge is 0.0616 e. The summed E-state index contributed by atoms with van der Waals surface area (Å²) in [5.41, 5.74) is 1.50. The molecule has 0 atom stereocenters. The molecule has 5 aromatic carbocycles. The van der Waals surface area contributed by atoms with Crippen LogP contribution in [0.1, 0.15) is 26.3 Å². The molecule has 5 rings (SSSR count). The van der Waals surface area contributed by atoms with E-state index >= 15 is 0 Å². The van der Waals surface area contributed by atoms with Gasteiger partial charge in [-0.2, -0.15) is 0 Å². The van der Waals surface area contributed by atoms with Crippen LogP contribution >= 0.6 is 0 Å². The third-order valence-electron chi connectivity index (χ3n) is 5.48. The smallest absolute Gasteiger partial charge is 0.00613 e. The molecule has 0 radical (unpaired) electrons. The van der Waals surface area contributed by atoms with Crippen LogP contribution in [-0.2, 0) is 5.41 Å². The van der Waals surface area contributed by atoms with Gasteiger partial charge in [-0.1, -0.05) is 93.6 Å². The van der Waals surface area contributed by atoms with E-state index in [1.165, 1.54) is 48.7 Å². The normalized spacial score (nSPS) is 12.4. The Morgan fingerprint density at radius 1 is 0.500 bits per heavy atom. The Hall–Kier alpha value is -2.86. The van der Waals surface area contributed by atoms with Gasteiger partial charge in [0.15, 0.2) is 0 Å². The van der Waals surface area contributed by atoms with Gasteiger partial charge < -0.3 is 0 Å². The Bertz CT molecular complexity index is 1210. The van der Waals surface area contributed by atoms with Gasteiger partial charge in [0.05, 0.1) is 0 Å². The summed E-state index contributed by atoms with van der Waals surface area (Å²) in [4.78, 5) is 0. The Balaban J connectivity index is 2.16. The van der Waals surface area contributed by atoms with Gasteiger partial charge in [-0.3, -0.25) is 0 Å². The zero-order valence-electron chi connectivity index (χ0n) is 15.5. The van der Waals surface area contributed by atoms with Crippen molar-refractivity contribution in [3.05, 3.63) is 84.4 Å². The second-order valence-corrected chi connectivity index (χ2v) is 8.27.